The molecule has 0 aliphatic heterocycles. The molecule has 3 rings (SSSR count). The molecule has 19 heavy (non-hydrogen) atoms. The van der Waals surface area contributed by atoms with Crippen LogP contribution >= 0.6 is 27.3 Å². The van der Waals surface area contributed by atoms with Crippen LogP contribution in [0.25, 0.3) is 0 Å². The zero-order chi connectivity index (χ0) is 13.4. The molecule has 0 atom stereocenters. The van der Waals surface area contributed by atoms with Gasteiger partial charge in [0.25, 0.3) is 0 Å². The lowest BCUT2D eigenvalue weighted by Crippen LogP contribution is -2.02. The summed E-state index contributed by atoms with van der Waals surface area (Å²) in [6, 6.07) is 6.82. The molecule has 1 aliphatic carbocycles. The predicted octanol–water partition coefficient (Wildman–Crippen LogP) is 4.56. The fourth-order valence-electron chi connectivity index (χ4n) is 2.41. The normalized spacial score (nSPS) is 13.6. The minimum atomic E-state index is -0.320. The highest BCUT2D eigenvalue weighted by molar-refractivity contribution is 9.10. The van der Waals surface area contributed by atoms with E-state index >= 15 is 0 Å². The summed E-state index contributed by atoms with van der Waals surface area (Å²) < 4.78 is 13.8. The van der Waals surface area contributed by atoms with E-state index in [1.807, 2.05) is 6.07 Å². The topological polar surface area (TPSA) is 17.1 Å². The van der Waals surface area contributed by atoms with Crippen LogP contribution in [0.1, 0.15) is 32.1 Å². The smallest absolute Gasteiger partial charge is 0.177 e. The summed E-state index contributed by atoms with van der Waals surface area (Å²) in [4.78, 5) is 14.4. The van der Waals surface area contributed by atoms with Gasteiger partial charge in [0.2, 0.25) is 0 Å². The molecule has 0 fully saturated rings. The fraction of sp³-hybridized carbons (Fsp3) is 0.267. The van der Waals surface area contributed by atoms with E-state index in [0.29, 0.717) is 10.0 Å². The molecule has 0 radical (unpaired) electrons. The van der Waals surface area contributed by atoms with Crippen molar-refractivity contribution in [3.63, 3.8) is 0 Å². The molecule has 1 aliphatic rings. The largest absolute Gasteiger partial charge is 0.293 e. The monoisotopic (exact) mass is 338 g/mol. The summed E-state index contributed by atoms with van der Waals surface area (Å²) in [7, 11) is 0. The van der Waals surface area contributed by atoms with Crippen LogP contribution in [0.4, 0.5) is 4.39 Å². The van der Waals surface area contributed by atoms with Crippen LogP contribution in [0.15, 0.2) is 28.7 Å². The van der Waals surface area contributed by atoms with Crippen molar-refractivity contribution < 1.29 is 9.18 Å². The number of fused-ring (bicyclic) bond motifs is 1. The molecule has 0 unspecified atom stereocenters. The summed E-state index contributed by atoms with van der Waals surface area (Å²) in [5.41, 5.74) is 2.03. The highest BCUT2D eigenvalue weighted by Gasteiger charge is 2.19. The van der Waals surface area contributed by atoms with Crippen molar-refractivity contribution in [2.75, 3.05) is 0 Å². The Morgan fingerprint density at radius 2 is 2.21 bits per heavy atom. The number of hydrogen-bond donors (Lipinski definition) is 0. The third-order valence-electron chi connectivity index (χ3n) is 3.40. The number of hydrogen-bond acceptors (Lipinski definition) is 2. The van der Waals surface area contributed by atoms with Gasteiger partial charge < -0.3 is 0 Å². The van der Waals surface area contributed by atoms with Crippen molar-refractivity contribution in [3.05, 3.63) is 55.4 Å². The van der Waals surface area contributed by atoms with Crippen LogP contribution in [0, 0.1) is 5.82 Å². The summed E-state index contributed by atoms with van der Waals surface area (Å²) in [6.07, 6.45) is 3.63. The summed E-state index contributed by atoms with van der Waals surface area (Å²) in [6.45, 7) is 0. The molecule has 0 N–H and O–H groups in total. The van der Waals surface area contributed by atoms with Gasteiger partial charge >= 0.3 is 0 Å². The molecule has 1 heterocycles. The number of carbonyl (C=O) groups is 1. The van der Waals surface area contributed by atoms with Crippen molar-refractivity contribution >= 4 is 33.0 Å². The molecule has 0 amide bonds. The van der Waals surface area contributed by atoms with Crippen molar-refractivity contribution in [2.45, 2.75) is 25.7 Å². The zero-order valence-electron chi connectivity index (χ0n) is 10.2. The van der Waals surface area contributed by atoms with E-state index in [1.165, 1.54) is 22.9 Å². The number of rotatable bonds is 3. The Hall–Kier alpha value is -1.00. The van der Waals surface area contributed by atoms with Crippen molar-refractivity contribution in [1.82, 2.24) is 0 Å². The first-order chi connectivity index (χ1) is 9.15. The van der Waals surface area contributed by atoms with E-state index in [0.717, 1.165) is 17.7 Å². The van der Waals surface area contributed by atoms with Crippen molar-refractivity contribution in [2.24, 2.45) is 0 Å². The zero-order valence-corrected chi connectivity index (χ0v) is 12.6. The average molecular weight is 339 g/mol. The first kappa shape index (κ1) is 13.0. The molecule has 0 saturated heterocycles. The minimum Gasteiger partial charge on any atom is -0.293 e. The minimum absolute atomic E-state index is 0.0747. The van der Waals surface area contributed by atoms with Gasteiger partial charge in [0, 0.05) is 11.3 Å². The summed E-state index contributed by atoms with van der Waals surface area (Å²) >= 11 is 4.80. The second-order valence-corrected chi connectivity index (χ2v) is 6.66. The molecular formula is C15H12BrFOS. The van der Waals surface area contributed by atoms with Gasteiger partial charge in [-0.2, -0.15) is 0 Å². The van der Waals surface area contributed by atoms with E-state index in [4.69, 9.17) is 0 Å². The molecule has 0 bridgehead atoms. The quantitative estimate of drug-likeness (QED) is 0.749. The molecule has 1 aromatic carbocycles. The molecule has 0 spiro atoms. The van der Waals surface area contributed by atoms with Crippen LogP contribution in [0.5, 0.6) is 0 Å². The van der Waals surface area contributed by atoms with Gasteiger partial charge in [-0.3, -0.25) is 4.79 Å². The van der Waals surface area contributed by atoms with Gasteiger partial charge in [0.1, 0.15) is 5.82 Å². The Kier molecular flexibility index (Phi) is 3.54. The van der Waals surface area contributed by atoms with Crippen LogP contribution in [0.2, 0.25) is 0 Å². The molecule has 0 saturated carbocycles. The number of halogens is 2. The van der Waals surface area contributed by atoms with Gasteiger partial charge in [-0.05, 0) is 58.5 Å². The SMILES string of the molecule is O=C(Cc1cccc(F)c1Br)c1cc2c(s1)CCC2. The lowest BCUT2D eigenvalue weighted by atomic mass is 10.1. The molecule has 2 aromatic rings. The maximum absolute atomic E-state index is 13.4. The second kappa shape index (κ2) is 5.17. The number of thiophene rings is 1. The highest BCUT2D eigenvalue weighted by Crippen LogP contribution is 2.31. The van der Waals surface area contributed by atoms with Gasteiger partial charge in [0.05, 0.1) is 9.35 Å². The van der Waals surface area contributed by atoms with Gasteiger partial charge in [0.15, 0.2) is 5.78 Å². The first-order valence-electron chi connectivity index (χ1n) is 6.23. The summed E-state index contributed by atoms with van der Waals surface area (Å²) in [5, 5.41) is 0. The molecular weight excluding hydrogens is 327 g/mol. The van der Waals surface area contributed by atoms with Crippen molar-refractivity contribution in [1.29, 1.82) is 0 Å². The van der Waals surface area contributed by atoms with E-state index < -0.39 is 0 Å². The highest BCUT2D eigenvalue weighted by atomic mass is 79.9. The van der Waals surface area contributed by atoms with Gasteiger partial charge in [-0.15, -0.1) is 11.3 Å². The van der Waals surface area contributed by atoms with Crippen LogP contribution in [-0.4, -0.2) is 5.78 Å². The number of carbonyl (C=O) groups excluding carboxylic acids is 1. The third kappa shape index (κ3) is 2.51. The third-order valence-corrected chi connectivity index (χ3v) is 5.57. The van der Waals surface area contributed by atoms with Crippen LogP contribution in [0.3, 0.4) is 0 Å². The number of Topliss-reactive ketones (excluding diaryl/α,β-unsaturated/α-hetero) is 1. The fourth-order valence-corrected chi connectivity index (χ4v) is 4.01. The lowest BCUT2D eigenvalue weighted by molar-refractivity contribution is 0.0996. The Morgan fingerprint density at radius 1 is 1.37 bits per heavy atom. The number of ketones is 1. The molecule has 4 heteroatoms. The summed E-state index contributed by atoms with van der Waals surface area (Å²) in [5.74, 6) is -0.246. The molecule has 1 nitrogen and oxygen atoms in total. The average Bonchev–Trinajstić information content (AvgIpc) is 2.95. The second-order valence-electron chi connectivity index (χ2n) is 4.73. The Bertz CT molecular complexity index is 626. The predicted molar refractivity (Wildman–Crippen MR) is 78.5 cm³/mol. The Morgan fingerprint density at radius 3 is 3.00 bits per heavy atom. The van der Waals surface area contributed by atoms with E-state index in [-0.39, 0.29) is 18.0 Å². The van der Waals surface area contributed by atoms with Crippen molar-refractivity contribution in [3.8, 4) is 0 Å². The Labute approximate surface area is 123 Å². The Balaban J connectivity index is 1.82. The maximum Gasteiger partial charge on any atom is 0.177 e. The van der Waals surface area contributed by atoms with Gasteiger partial charge in [-0.25, -0.2) is 4.39 Å². The van der Waals surface area contributed by atoms with Gasteiger partial charge in [-0.1, -0.05) is 12.1 Å². The first-order valence-corrected chi connectivity index (χ1v) is 7.84. The standard InChI is InChI=1S/C15H12BrFOS/c16-15-10(4-1-5-11(15)17)7-12(18)14-8-9-3-2-6-13(9)19-14/h1,4-5,8H,2-3,6-7H2. The van der Waals surface area contributed by atoms with E-state index in [9.17, 15) is 9.18 Å². The van der Waals surface area contributed by atoms with E-state index in [1.54, 1.807) is 23.5 Å². The number of benzene rings is 1. The molecule has 98 valence electrons. The lowest BCUT2D eigenvalue weighted by Gasteiger charge is -2.03. The number of aryl methyl sites for hydroxylation is 2. The molecule has 1 aromatic heterocycles. The van der Waals surface area contributed by atoms with Crippen LogP contribution in [-0.2, 0) is 19.3 Å². The maximum atomic E-state index is 13.4. The van der Waals surface area contributed by atoms with Crippen LogP contribution < -0.4 is 0 Å². The van der Waals surface area contributed by atoms with E-state index in [2.05, 4.69) is 15.9 Å².